The molecule has 7 nitrogen and oxygen atoms in total. The fourth-order valence-electron chi connectivity index (χ4n) is 2.23. The number of hydrogen-bond donors (Lipinski definition) is 0. The molecular weight excluding hydrogens is 434 g/mol. The topological polar surface area (TPSA) is 93.7 Å². The number of nitriles is 1. The highest BCUT2D eigenvalue weighted by atomic mass is 35.5. The highest BCUT2D eigenvalue weighted by Gasteiger charge is 2.34. The monoisotopic (exact) mass is 441 g/mol. The third-order valence-electron chi connectivity index (χ3n) is 3.47. The van der Waals surface area contributed by atoms with E-state index in [1.54, 1.807) is 0 Å². The first-order chi connectivity index (χ1) is 13.7. The van der Waals surface area contributed by atoms with Gasteiger partial charge in [-0.3, -0.25) is 14.3 Å². The third-order valence-corrected chi connectivity index (χ3v) is 3.88. The fourth-order valence-corrected chi connectivity index (χ4v) is 2.55. The van der Waals surface area contributed by atoms with Crippen LogP contribution in [0.25, 0.3) is 0 Å². The van der Waals surface area contributed by atoms with Crippen LogP contribution >= 0.6 is 23.2 Å². The average molecular weight is 442 g/mol. The SMILES string of the molecule is N#Cc1cc(Cl)cc(Oc2nc(C(F)(F)F)cc(=O)n2Cc2cnc(Cl)cn2)c1. The standard InChI is InChI=1S/C17H8Cl2F3N5O2/c18-10-1-9(5-23)2-12(3-10)29-16-26-13(17(20,21)22)4-15(28)27(16)8-11-6-25-14(19)7-24-11/h1-4,6-7H,8H2. The Morgan fingerprint density at radius 2 is 1.90 bits per heavy atom. The van der Waals surface area contributed by atoms with E-state index in [2.05, 4.69) is 15.0 Å². The van der Waals surface area contributed by atoms with E-state index in [1.165, 1.54) is 30.6 Å². The summed E-state index contributed by atoms with van der Waals surface area (Å²) in [6, 6.07) is 5.36. The maximum atomic E-state index is 13.1. The number of ether oxygens (including phenoxy) is 1. The quantitative estimate of drug-likeness (QED) is 0.605. The lowest BCUT2D eigenvalue weighted by atomic mass is 10.2. The van der Waals surface area contributed by atoms with Gasteiger partial charge in [-0.1, -0.05) is 23.2 Å². The van der Waals surface area contributed by atoms with Gasteiger partial charge < -0.3 is 4.74 Å². The molecule has 0 atom stereocenters. The van der Waals surface area contributed by atoms with E-state index in [0.717, 1.165) is 4.57 Å². The second kappa shape index (κ2) is 8.06. The Hall–Kier alpha value is -3.16. The number of hydrogen-bond acceptors (Lipinski definition) is 6. The Balaban J connectivity index is 2.10. The van der Waals surface area contributed by atoms with Crippen molar-refractivity contribution >= 4 is 23.2 Å². The van der Waals surface area contributed by atoms with Crippen LogP contribution in [-0.4, -0.2) is 19.5 Å². The van der Waals surface area contributed by atoms with Crippen molar-refractivity contribution in [2.75, 3.05) is 0 Å². The number of aromatic nitrogens is 4. The lowest BCUT2D eigenvalue weighted by Gasteiger charge is -2.15. The molecule has 29 heavy (non-hydrogen) atoms. The zero-order chi connectivity index (χ0) is 21.2. The van der Waals surface area contributed by atoms with Gasteiger partial charge in [-0.15, -0.1) is 0 Å². The molecule has 0 N–H and O–H groups in total. The van der Waals surface area contributed by atoms with Crippen molar-refractivity contribution in [3.63, 3.8) is 0 Å². The Labute approximate surface area is 170 Å². The van der Waals surface area contributed by atoms with Gasteiger partial charge in [0.05, 0.1) is 36.3 Å². The molecule has 0 aliphatic carbocycles. The summed E-state index contributed by atoms with van der Waals surface area (Å²) in [7, 11) is 0. The van der Waals surface area contributed by atoms with E-state index >= 15 is 0 Å². The Bertz CT molecular complexity index is 1160. The van der Waals surface area contributed by atoms with Gasteiger partial charge in [0.2, 0.25) is 0 Å². The summed E-state index contributed by atoms with van der Waals surface area (Å²) in [5.41, 5.74) is -2.12. The molecule has 12 heteroatoms. The van der Waals surface area contributed by atoms with E-state index in [1.807, 2.05) is 6.07 Å². The summed E-state index contributed by atoms with van der Waals surface area (Å²) in [5, 5.41) is 9.23. The lowest BCUT2D eigenvalue weighted by molar-refractivity contribution is -0.141. The van der Waals surface area contributed by atoms with Crippen molar-refractivity contribution < 1.29 is 17.9 Å². The van der Waals surface area contributed by atoms with Gasteiger partial charge in [-0.05, 0) is 18.2 Å². The van der Waals surface area contributed by atoms with Crippen molar-refractivity contribution in [2.45, 2.75) is 12.7 Å². The molecule has 0 spiro atoms. The predicted octanol–water partition coefficient (Wildman–Crippen LogP) is 4.07. The summed E-state index contributed by atoms with van der Waals surface area (Å²) < 4.78 is 45.5. The smallest absolute Gasteiger partial charge is 0.425 e. The Kier molecular flexibility index (Phi) is 5.72. The molecule has 0 fully saturated rings. The normalized spacial score (nSPS) is 11.2. The maximum Gasteiger partial charge on any atom is 0.433 e. The number of benzene rings is 1. The van der Waals surface area contributed by atoms with Gasteiger partial charge in [0.15, 0.2) is 5.69 Å². The third kappa shape index (κ3) is 5.01. The summed E-state index contributed by atoms with van der Waals surface area (Å²) in [5.74, 6) is -0.0729. The van der Waals surface area contributed by atoms with Crippen LogP contribution in [0.5, 0.6) is 11.8 Å². The van der Waals surface area contributed by atoms with Crippen LogP contribution in [0, 0.1) is 11.3 Å². The molecule has 0 radical (unpaired) electrons. The van der Waals surface area contributed by atoms with Gasteiger partial charge in [-0.2, -0.15) is 23.4 Å². The van der Waals surface area contributed by atoms with Crippen molar-refractivity contribution in [1.82, 2.24) is 19.5 Å². The van der Waals surface area contributed by atoms with Crippen LogP contribution in [0.3, 0.4) is 0 Å². The van der Waals surface area contributed by atoms with Crippen LogP contribution in [0.4, 0.5) is 13.2 Å². The molecule has 0 aliphatic rings. The minimum Gasteiger partial charge on any atom is -0.425 e. The molecule has 0 aliphatic heterocycles. The maximum absolute atomic E-state index is 13.1. The molecule has 148 valence electrons. The van der Waals surface area contributed by atoms with Crippen LogP contribution < -0.4 is 10.3 Å². The molecule has 1 aromatic carbocycles. The molecule has 3 rings (SSSR count). The van der Waals surface area contributed by atoms with Gasteiger partial charge >= 0.3 is 12.2 Å². The van der Waals surface area contributed by atoms with E-state index < -0.39 is 23.4 Å². The number of nitrogens with zero attached hydrogens (tertiary/aromatic N) is 5. The lowest BCUT2D eigenvalue weighted by Crippen LogP contribution is -2.26. The first kappa shape index (κ1) is 20.6. The van der Waals surface area contributed by atoms with E-state index in [9.17, 15) is 18.0 Å². The van der Waals surface area contributed by atoms with Crippen molar-refractivity contribution in [2.24, 2.45) is 0 Å². The highest BCUT2D eigenvalue weighted by Crippen LogP contribution is 2.30. The minimum atomic E-state index is -4.87. The molecule has 0 amide bonds. The van der Waals surface area contributed by atoms with Crippen LogP contribution in [0.1, 0.15) is 17.0 Å². The first-order valence-corrected chi connectivity index (χ1v) is 8.45. The minimum absolute atomic E-state index is 0.0729. The molecule has 2 heterocycles. The molecule has 2 aromatic heterocycles. The zero-order valence-electron chi connectivity index (χ0n) is 14.1. The van der Waals surface area contributed by atoms with Gasteiger partial charge in [0.1, 0.15) is 10.9 Å². The number of rotatable bonds is 4. The van der Waals surface area contributed by atoms with Crippen molar-refractivity contribution in [3.8, 4) is 17.8 Å². The van der Waals surface area contributed by atoms with Crippen LogP contribution in [-0.2, 0) is 12.7 Å². The summed E-state index contributed by atoms with van der Waals surface area (Å²) in [6.45, 7) is -0.283. The largest absolute Gasteiger partial charge is 0.433 e. The van der Waals surface area contributed by atoms with Gasteiger partial charge in [-0.25, -0.2) is 4.98 Å². The van der Waals surface area contributed by atoms with E-state index in [0.29, 0.717) is 6.07 Å². The summed E-state index contributed by atoms with van der Waals surface area (Å²) in [4.78, 5) is 23.5. The molecule has 0 unspecified atom stereocenters. The van der Waals surface area contributed by atoms with Crippen molar-refractivity contribution in [1.29, 1.82) is 5.26 Å². The fraction of sp³-hybridized carbons (Fsp3) is 0.118. The molecule has 0 bridgehead atoms. The second-order valence-corrected chi connectivity index (χ2v) is 6.39. The molecular formula is C17H8Cl2F3N5O2. The highest BCUT2D eigenvalue weighted by molar-refractivity contribution is 6.30. The molecule has 0 saturated heterocycles. The average Bonchev–Trinajstić information content (AvgIpc) is 2.64. The van der Waals surface area contributed by atoms with E-state index in [-0.39, 0.29) is 33.7 Å². The molecule has 0 saturated carbocycles. The first-order valence-electron chi connectivity index (χ1n) is 7.70. The predicted molar refractivity (Wildman–Crippen MR) is 95.9 cm³/mol. The van der Waals surface area contributed by atoms with Gasteiger partial charge in [0, 0.05) is 11.1 Å². The number of alkyl halides is 3. The summed E-state index contributed by atoms with van der Waals surface area (Å²) >= 11 is 11.5. The van der Waals surface area contributed by atoms with E-state index in [4.69, 9.17) is 33.2 Å². The summed E-state index contributed by atoms with van der Waals surface area (Å²) in [6.07, 6.45) is -2.40. The Morgan fingerprint density at radius 1 is 1.14 bits per heavy atom. The van der Waals surface area contributed by atoms with Crippen LogP contribution in [0.2, 0.25) is 10.2 Å². The molecule has 3 aromatic rings. The number of halogens is 5. The Morgan fingerprint density at radius 3 is 2.52 bits per heavy atom. The van der Waals surface area contributed by atoms with Crippen LogP contribution in [0.15, 0.2) is 41.5 Å². The van der Waals surface area contributed by atoms with Crippen molar-refractivity contribution in [3.05, 3.63) is 74.1 Å². The van der Waals surface area contributed by atoms with Gasteiger partial charge in [0.25, 0.3) is 5.56 Å². The zero-order valence-corrected chi connectivity index (χ0v) is 15.6. The second-order valence-electron chi connectivity index (χ2n) is 5.57.